The molecule has 1 aliphatic heterocycles. The summed E-state index contributed by atoms with van der Waals surface area (Å²) in [7, 11) is 0. The maximum Gasteiger partial charge on any atom is 0.416 e. The van der Waals surface area contributed by atoms with Crippen molar-refractivity contribution < 1.29 is 32.3 Å². The molecule has 1 aromatic carbocycles. The van der Waals surface area contributed by atoms with Gasteiger partial charge in [0, 0.05) is 19.5 Å². The van der Waals surface area contributed by atoms with Crippen molar-refractivity contribution in [2.24, 2.45) is 5.92 Å². The van der Waals surface area contributed by atoms with Gasteiger partial charge in [-0.1, -0.05) is 6.92 Å². The van der Waals surface area contributed by atoms with Crippen molar-refractivity contribution in [1.29, 1.82) is 0 Å². The smallest absolute Gasteiger partial charge is 0.416 e. The summed E-state index contributed by atoms with van der Waals surface area (Å²) in [6, 6.07) is 2.65. The van der Waals surface area contributed by atoms with Gasteiger partial charge in [0.2, 0.25) is 11.8 Å². The first-order valence-corrected chi connectivity index (χ1v) is 10.6. The maximum atomic E-state index is 13.2. The predicted octanol–water partition coefficient (Wildman–Crippen LogP) is 5.03. The highest BCUT2D eigenvalue weighted by Gasteiger charge is 2.33. The van der Waals surface area contributed by atoms with E-state index in [1.54, 1.807) is 25.7 Å². The van der Waals surface area contributed by atoms with E-state index in [0.29, 0.717) is 32.2 Å². The first-order valence-electron chi connectivity index (χ1n) is 10.6. The summed E-state index contributed by atoms with van der Waals surface area (Å²) in [4.78, 5) is 38.8. The summed E-state index contributed by atoms with van der Waals surface area (Å²) >= 11 is 0. The molecule has 0 saturated carbocycles. The van der Waals surface area contributed by atoms with Crippen molar-refractivity contribution in [1.82, 2.24) is 4.90 Å². The molecule has 1 saturated heterocycles. The van der Waals surface area contributed by atoms with Crippen LogP contribution in [0.2, 0.25) is 0 Å². The lowest BCUT2D eigenvalue weighted by atomic mass is 9.96. The lowest BCUT2D eigenvalue weighted by Gasteiger charge is -2.32. The molecule has 0 spiro atoms. The number of likely N-dealkylation sites (tertiary alicyclic amines) is 1. The van der Waals surface area contributed by atoms with Gasteiger partial charge in [0.05, 0.1) is 22.9 Å². The van der Waals surface area contributed by atoms with E-state index in [-0.39, 0.29) is 23.8 Å². The third-order valence-corrected chi connectivity index (χ3v) is 4.85. The van der Waals surface area contributed by atoms with Crippen LogP contribution in [-0.2, 0) is 20.5 Å². The number of hydrogen-bond donors (Lipinski definition) is 2. The number of halogens is 3. The average molecular weight is 457 g/mol. The van der Waals surface area contributed by atoms with Crippen molar-refractivity contribution in [3.05, 3.63) is 23.8 Å². The number of nitrogens with one attached hydrogen (secondary N) is 2. The zero-order valence-electron chi connectivity index (χ0n) is 18.8. The van der Waals surface area contributed by atoms with Crippen LogP contribution in [0, 0.1) is 5.92 Å². The van der Waals surface area contributed by atoms with Gasteiger partial charge in [0.15, 0.2) is 0 Å². The van der Waals surface area contributed by atoms with Gasteiger partial charge in [-0.25, -0.2) is 4.79 Å². The fraction of sp³-hybridized carbons (Fsp3) is 0.591. The highest BCUT2D eigenvalue weighted by molar-refractivity contribution is 5.99. The van der Waals surface area contributed by atoms with Crippen LogP contribution in [0.1, 0.15) is 58.9 Å². The van der Waals surface area contributed by atoms with E-state index in [1.165, 1.54) is 0 Å². The predicted molar refractivity (Wildman–Crippen MR) is 114 cm³/mol. The quantitative estimate of drug-likeness (QED) is 0.649. The van der Waals surface area contributed by atoms with Gasteiger partial charge in [0.1, 0.15) is 5.60 Å². The molecule has 178 valence electrons. The number of ether oxygens (including phenoxy) is 1. The molecule has 1 aliphatic rings. The number of amides is 3. The van der Waals surface area contributed by atoms with E-state index in [2.05, 4.69) is 10.6 Å². The first-order chi connectivity index (χ1) is 14.8. The average Bonchev–Trinajstić information content (AvgIpc) is 2.67. The van der Waals surface area contributed by atoms with Gasteiger partial charge >= 0.3 is 12.3 Å². The molecule has 2 rings (SSSR count). The van der Waals surface area contributed by atoms with Crippen molar-refractivity contribution in [3.63, 3.8) is 0 Å². The largest absolute Gasteiger partial charge is 0.444 e. The topological polar surface area (TPSA) is 87.7 Å². The summed E-state index contributed by atoms with van der Waals surface area (Å²) in [6.07, 6.45) is -3.28. The monoisotopic (exact) mass is 457 g/mol. The molecule has 3 amide bonds. The van der Waals surface area contributed by atoms with Crippen molar-refractivity contribution >= 4 is 29.3 Å². The molecule has 0 aliphatic carbocycles. The minimum atomic E-state index is -4.63. The number of carbonyl (C=O) groups excluding carboxylic acids is 3. The Kier molecular flexibility index (Phi) is 8.14. The minimum absolute atomic E-state index is 0.0182. The molecule has 0 bridgehead atoms. The maximum absolute atomic E-state index is 13.2. The lowest BCUT2D eigenvalue weighted by Crippen LogP contribution is -2.43. The van der Waals surface area contributed by atoms with Gasteiger partial charge in [-0.2, -0.15) is 13.2 Å². The zero-order valence-corrected chi connectivity index (χ0v) is 18.8. The molecular formula is C22H30F3N3O4. The van der Waals surface area contributed by atoms with Crippen molar-refractivity contribution in [2.45, 2.75) is 65.2 Å². The van der Waals surface area contributed by atoms with Crippen LogP contribution in [0.5, 0.6) is 0 Å². The summed E-state index contributed by atoms with van der Waals surface area (Å²) in [6.45, 7) is 7.60. The number of carbonyl (C=O) groups is 3. The van der Waals surface area contributed by atoms with Gasteiger partial charge in [-0.3, -0.25) is 14.9 Å². The molecular weight excluding hydrogens is 427 g/mol. The van der Waals surface area contributed by atoms with Crippen LogP contribution in [0.3, 0.4) is 0 Å². The second-order valence-electron chi connectivity index (χ2n) is 8.80. The number of hydrogen-bond acceptors (Lipinski definition) is 4. The highest BCUT2D eigenvalue weighted by Crippen LogP contribution is 2.34. The number of benzene rings is 1. The third-order valence-electron chi connectivity index (χ3n) is 4.85. The Hall–Kier alpha value is -2.78. The molecule has 1 aromatic rings. The molecule has 32 heavy (non-hydrogen) atoms. The zero-order chi connectivity index (χ0) is 24.1. The second-order valence-corrected chi connectivity index (χ2v) is 8.80. The minimum Gasteiger partial charge on any atom is -0.444 e. The lowest BCUT2D eigenvalue weighted by molar-refractivity contribution is -0.138. The molecule has 1 atom stereocenters. The fourth-order valence-electron chi connectivity index (χ4n) is 3.37. The summed E-state index contributed by atoms with van der Waals surface area (Å²) in [5.74, 6) is -1.12. The molecule has 2 N–H and O–H groups in total. The number of alkyl halides is 3. The normalized spacial score (nSPS) is 17.0. The number of rotatable bonds is 5. The van der Waals surface area contributed by atoms with Crippen LogP contribution in [0.25, 0.3) is 0 Å². The van der Waals surface area contributed by atoms with Gasteiger partial charge in [-0.15, -0.1) is 0 Å². The number of piperidine rings is 1. The van der Waals surface area contributed by atoms with E-state index in [4.69, 9.17) is 4.74 Å². The SMILES string of the molecule is CCCC(=O)N1CCCC(C(=O)Nc2cc(C(F)(F)F)ccc2NC(=O)OC(C)(C)C)C1. The van der Waals surface area contributed by atoms with Gasteiger partial charge in [0.25, 0.3) is 0 Å². The standard InChI is InChI=1S/C22H30F3N3O4/c1-5-7-18(29)28-11-6-8-14(13-28)19(30)26-17-12-15(22(23,24)25)9-10-16(17)27-20(31)32-21(2,3)4/h9-10,12,14H,5-8,11,13H2,1-4H3,(H,26,30)(H,27,31). The molecule has 1 fully saturated rings. The van der Waals surface area contributed by atoms with Crippen LogP contribution >= 0.6 is 0 Å². The Bertz CT molecular complexity index is 850. The fourth-order valence-corrected chi connectivity index (χ4v) is 3.37. The van der Waals surface area contributed by atoms with E-state index in [9.17, 15) is 27.6 Å². The summed E-state index contributed by atoms with van der Waals surface area (Å²) in [5, 5.41) is 4.90. The summed E-state index contributed by atoms with van der Waals surface area (Å²) < 4.78 is 44.8. The molecule has 1 unspecified atom stereocenters. The Balaban J connectivity index is 2.22. The molecule has 7 nitrogen and oxygen atoms in total. The van der Waals surface area contributed by atoms with E-state index < -0.39 is 35.3 Å². The molecule has 0 radical (unpaired) electrons. The Morgan fingerprint density at radius 3 is 2.41 bits per heavy atom. The summed E-state index contributed by atoms with van der Waals surface area (Å²) in [5.41, 5.74) is -1.98. The van der Waals surface area contributed by atoms with Gasteiger partial charge < -0.3 is 15.0 Å². The number of anilines is 2. The molecule has 0 aromatic heterocycles. The Morgan fingerprint density at radius 2 is 1.81 bits per heavy atom. The van der Waals surface area contributed by atoms with E-state index >= 15 is 0 Å². The van der Waals surface area contributed by atoms with Crippen molar-refractivity contribution in [3.8, 4) is 0 Å². The Morgan fingerprint density at radius 1 is 1.12 bits per heavy atom. The van der Waals surface area contributed by atoms with E-state index in [1.807, 2.05) is 6.92 Å². The van der Waals surface area contributed by atoms with E-state index in [0.717, 1.165) is 18.2 Å². The molecule has 1 heterocycles. The number of nitrogens with zero attached hydrogens (tertiary/aromatic N) is 1. The van der Waals surface area contributed by atoms with Crippen LogP contribution < -0.4 is 10.6 Å². The first kappa shape index (κ1) is 25.5. The van der Waals surface area contributed by atoms with Crippen LogP contribution in [0.15, 0.2) is 18.2 Å². The third kappa shape index (κ3) is 7.42. The van der Waals surface area contributed by atoms with Crippen molar-refractivity contribution in [2.75, 3.05) is 23.7 Å². The van der Waals surface area contributed by atoms with Crippen LogP contribution in [-0.4, -0.2) is 41.5 Å². The molecule has 10 heteroatoms. The highest BCUT2D eigenvalue weighted by atomic mass is 19.4. The van der Waals surface area contributed by atoms with Gasteiger partial charge in [-0.05, 0) is 58.2 Å². The second kappa shape index (κ2) is 10.2. The Labute approximate surface area is 185 Å². The van der Waals surface area contributed by atoms with Crippen LogP contribution in [0.4, 0.5) is 29.3 Å².